The monoisotopic (exact) mass is 291 g/mol. The highest BCUT2D eigenvalue weighted by Gasteiger charge is 2.15. The molecule has 6 heteroatoms. The van der Waals surface area contributed by atoms with Gasteiger partial charge in [0, 0.05) is 12.2 Å². The van der Waals surface area contributed by atoms with Gasteiger partial charge in [-0.1, -0.05) is 12.1 Å². The number of aliphatic hydroxyl groups is 1. The Balaban J connectivity index is 1.96. The van der Waals surface area contributed by atoms with E-state index in [1.54, 1.807) is 31.2 Å². The van der Waals surface area contributed by atoms with Gasteiger partial charge in [-0.05, 0) is 31.5 Å². The van der Waals surface area contributed by atoms with Crippen molar-refractivity contribution in [3.8, 4) is 0 Å². The Bertz CT molecular complexity index is 607. The molecular weight excluding hydrogens is 274 g/mol. The quantitative estimate of drug-likeness (QED) is 0.750. The van der Waals surface area contributed by atoms with E-state index in [1.807, 2.05) is 6.92 Å². The zero-order valence-corrected chi connectivity index (χ0v) is 12.2. The minimum Gasteiger partial charge on any atom is -0.399 e. The van der Waals surface area contributed by atoms with Crippen LogP contribution in [0.3, 0.4) is 0 Å². The van der Waals surface area contributed by atoms with E-state index in [9.17, 15) is 9.90 Å². The van der Waals surface area contributed by atoms with Crippen LogP contribution in [0.15, 0.2) is 24.3 Å². The van der Waals surface area contributed by atoms with Crippen molar-refractivity contribution in [2.24, 2.45) is 0 Å². The number of hydrogen-bond donors (Lipinski definition) is 3. The van der Waals surface area contributed by atoms with Gasteiger partial charge in [-0.15, -0.1) is 11.3 Å². The molecule has 106 valence electrons. The first-order valence-corrected chi connectivity index (χ1v) is 7.04. The average Bonchev–Trinajstić information content (AvgIpc) is 2.75. The first kappa shape index (κ1) is 14.5. The predicted octanol–water partition coefficient (Wildman–Crippen LogP) is 1.81. The van der Waals surface area contributed by atoms with Crippen LogP contribution in [-0.2, 0) is 0 Å². The Labute approximate surface area is 121 Å². The van der Waals surface area contributed by atoms with Gasteiger partial charge >= 0.3 is 0 Å². The number of nitrogens with zero attached hydrogens (tertiary/aromatic N) is 1. The first-order chi connectivity index (χ1) is 9.47. The van der Waals surface area contributed by atoms with Gasteiger partial charge in [-0.3, -0.25) is 4.79 Å². The summed E-state index contributed by atoms with van der Waals surface area (Å²) in [6, 6.07) is 6.93. The number of nitrogens with one attached hydrogen (secondary N) is 1. The standard InChI is InChI=1S/C14H17N3O2S/c1-8-13(20-9(2)17-8)14(19)16-7-12(18)10-3-5-11(15)6-4-10/h3-6,12,18H,7,15H2,1-2H3,(H,16,19). The summed E-state index contributed by atoms with van der Waals surface area (Å²) in [6.45, 7) is 3.81. The fraction of sp³-hybridized carbons (Fsp3) is 0.286. The van der Waals surface area contributed by atoms with Gasteiger partial charge in [0.1, 0.15) is 4.88 Å². The van der Waals surface area contributed by atoms with Crippen LogP contribution in [0.1, 0.15) is 32.0 Å². The van der Waals surface area contributed by atoms with Crippen LogP contribution in [0.4, 0.5) is 5.69 Å². The molecule has 0 spiro atoms. The number of thiazole rings is 1. The fourth-order valence-corrected chi connectivity index (χ4v) is 2.68. The van der Waals surface area contributed by atoms with Gasteiger partial charge in [-0.25, -0.2) is 4.98 Å². The van der Waals surface area contributed by atoms with E-state index in [1.165, 1.54) is 11.3 Å². The third-order valence-electron chi connectivity index (χ3n) is 2.89. The minimum absolute atomic E-state index is 0.152. The molecule has 0 saturated heterocycles. The molecule has 0 saturated carbocycles. The van der Waals surface area contributed by atoms with E-state index in [4.69, 9.17) is 5.73 Å². The normalized spacial score (nSPS) is 12.2. The zero-order chi connectivity index (χ0) is 14.7. The second-order valence-electron chi connectivity index (χ2n) is 4.54. The van der Waals surface area contributed by atoms with Gasteiger partial charge in [0.15, 0.2) is 0 Å². The summed E-state index contributed by atoms with van der Waals surface area (Å²) in [6.07, 6.45) is -0.756. The molecule has 0 aliphatic rings. The molecule has 1 heterocycles. The fourth-order valence-electron chi connectivity index (χ4n) is 1.85. The number of aliphatic hydroxyl groups excluding tert-OH is 1. The molecule has 5 nitrogen and oxygen atoms in total. The van der Waals surface area contributed by atoms with E-state index in [2.05, 4.69) is 10.3 Å². The summed E-state index contributed by atoms with van der Waals surface area (Å²) < 4.78 is 0. The molecule has 1 aromatic heterocycles. The topological polar surface area (TPSA) is 88.2 Å². The minimum atomic E-state index is -0.756. The number of aryl methyl sites for hydroxylation is 2. The molecule has 20 heavy (non-hydrogen) atoms. The van der Waals surface area contributed by atoms with E-state index in [0.29, 0.717) is 16.3 Å². The molecule has 1 aromatic carbocycles. The Morgan fingerprint density at radius 3 is 2.60 bits per heavy atom. The predicted molar refractivity (Wildman–Crippen MR) is 79.7 cm³/mol. The van der Waals surface area contributed by atoms with Gasteiger partial charge in [0.2, 0.25) is 0 Å². The third-order valence-corrected chi connectivity index (χ3v) is 3.96. The van der Waals surface area contributed by atoms with Crippen molar-refractivity contribution in [1.82, 2.24) is 10.3 Å². The van der Waals surface area contributed by atoms with Crippen molar-refractivity contribution in [2.45, 2.75) is 20.0 Å². The molecule has 2 rings (SSSR count). The number of anilines is 1. The second kappa shape index (κ2) is 6.02. The Morgan fingerprint density at radius 1 is 1.40 bits per heavy atom. The summed E-state index contributed by atoms with van der Waals surface area (Å²) in [7, 11) is 0. The van der Waals surface area contributed by atoms with Gasteiger partial charge in [-0.2, -0.15) is 0 Å². The van der Waals surface area contributed by atoms with Crippen LogP contribution >= 0.6 is 11.3 Å². The highest BCUT2D eigenvalue weighted by Crippen LogP contribution is 2.18. The molecule has 0 fully saturated rings. The smallest absolute Gasteiger partial charge is 0.263 e. The zero-order valence-electron chi connectivity index (χ0n) is 11.4. The number of amides is 1. The molecule has 1 unspecified atom stereocenters. The lowest BCUT2D eigenvalue weighted by Gasteiger charge is -2.12. The highest BCUT2D eigenvalue weighted by molar-refractivity contribution is 7.13. The molecule has 4 N–H and O–H groups in total. The number of hydrogen-bond acceptors (Lipinski definition) is 5. The van der Waals surface area contributed by atoms with E-state index in [0.717, 1.165) is 10.6 Å². The number of rotatable bonds is 4. The number of benzene rings is 1. The van der Waals surface area contributed by atoms with E-state index in [-0.39, 0.29) is 12.5 Å². The molecule has 1 amide bonds. The molecule has 0 radical (unpaired) electrons. The maximum Gasteiger partial charge on any atom is 0.263 e. The average molecular weight is 291 g/mol. The second-order valence-corrected chi connectivity index (χ2v) is 5.74. The lowest BCUT2D eigenvalue weighted by Crippen LogP contribution is -2.28. The Hall–Kier alpha value is -1.92. The van der Waals surface area contributed by atoms with Gasteiger partial charge in [0.05, 0.1) is 16.8 Å². The largest absolute Gasteiger partial charge is 0.399 e. The maximum absolute atomic E-state index is 12.0. The van der Waals surface area contributed by atoms with Crippen LogP contribution < -0.4 is 11.1 Å². The Morgan fingerprint density at radius 2 is 2.05 bits per heavy atom. The molecular formula is C14H17N3O2S. The van der Waals surface area contributed by atoms with Crippen LogP contribution in [0, 0.1) is 13.8 Å². The molecule has 0 bridgehead atoms. The lowest BCUT2D eigenvalue weighted by atomic mass is 10.1. The van der Waals surface area contributed by atoms with Crippen molar-refractivity contribution >= 4 is 22.9 Å². The number of carbonyl (C=O) groups is 1. The van der Waals surface area contributed by atoms with Crippen molar-refractivity contribution in [1.29, 1.82) is 0 Å². The maximum atomic E-state index is 12.0. The number of aromatic nitrogens is 1. The first-order valence-electron chi connectivity index (χ1n) is 6.23. The summed E-state index contributed by atoms with van der Waals surface area (Å²) in [5.74, 6) is -0.206. The van der Waals surface area contributed by atoms with Crippen molar-refractivity contribution in [2.75, 3.05) is 12.3 Å². The summed E-state index contributed by atoms with van der Waals surface area (Å²) in [5, 5.41) is 13.6. The Kier molecular flexibility index (Phi) is 4.36. The van der Waals surface area contributed by atoms with E-state index < -0.39 is 6.10 Å². The van der Waals surface area contributed by atoms with Crippen LogP contribution in [0.25, 0.3) is 0 Å². The number of nitrogen functional groups attached to an aromatic ring is 1. The van der Waals surface area contributed by atoms with Crippen molar-refractivity contribution in [3.05, 3.63) is 45.4 Å². The summed E-state index contributed by atoms with van der Waals surface area (Å²) in [5.41, 5.74) is 7.66. The molecule has 1 atom stereocenters. The SMILES string of the molecule is Cc1nc(C)c(C(=O)NCC(O)c2ccc(N)cc2)s1. The van der Waals surface area contributed by atoms with Crippen LogP contribution in [-0.4, -0.2) is 22.5 Å². The molecule has 0 aliphatic carbocycles. The van der Waals surface area contributed by atoms with Gasteiger partial charge in [0.25, 0.3) is 5.91 Å². The highest BCUT2D eigenvalue weighted by atomic mass is 32.1. The van der Waals surface area contributed by atoms with Crippen molar-refractivity contribution < 1.29 is 9.90 Å². The van der Waals surface area contributed by atoms with Crippen LogP contribution in [0.2, 0.25) is 0 Å². The lowest BCUT2D eigenvalue weighted by molar-refractivity contribution is 0.0919. The molecule has 2 aromatic rings. The number of carbonyl (C=O) groups excluding carboxylic acids is 1. The molecule has 0 aliphatic heterocycles. The summed E-state index contributed by atoms with van der Waals surface area (Å²) in [4.78, 5) is 16.8. The van der Waals surface area contributed by atoms with Gasteiger partial charge < -0.3 is 16.2 Å². The van der Waals surface area contributed by atoms with Crippen LogP contribution in [0.5, 0.6) is 0 Å². The van der Waals surface area contributed by atoms with Crippen molar-refractivity contribution in [3.63, 3.8) is 0 Å². The summed E-state index contributed by atoms with van der Waals surface area (Å²) >= 11 is 1.35. The number of nitrogens with two attached hydrogens (primary N) is 1. The van der Waals surface area contributed by atoms with E-state index >= 15 is 0 Å². The third kappa shape index (κ3) is 3.34.